The summed E-state index contributed by atoms with van der Waals surface area (Å²) in [6, 6.07) is 5.19. The Bertz CT molecular complexity index is 573. The van der Waals surface area contributed by atoms with Crippen molar-refractivity contribution in [3.05, 3.63) is 23.8 Å². The summed E-state index contributed by atoms with van der Waals surface area (Å²) in [6.45, 7) is -0.379. The van der Waals surface area contributed by atoms with Crippen molar-refractivity contribution < 1.29 is 18.3 Å². The third kappa shape index (κ3) is 6.83. The highest BCUT2D eigenvalue weighted by molar-refractivity contribution is 14.0. The number of guanidine groups is 1. The van der Waals surface area contributed by atoms with Crippen LogP contribution in [0.4, 0.5) is 8.78 Å². The van der Waals surface area contributed by atoms with Crippen molar-refractivity contribution in [3.63, 3.8) is 0 Å². The average molecular weight is 469 g/mol. The fourth-order valence-corrected chi connectivity index (χ4v) is 2.70. The number of halogens is 3. The van der Waals surface area contributed by atoms with E-state index < -0.39 is 6.61 Å². The molecule has 1 aromatic rings. The predicted molar refractivity (Wildman–Crippen MR) is 105 cm³/mol. The lowest BCUT2D eigenvalue weighted by Gasteiger charge is -2.15. The highest BCUT2D eigenvalue weighted by atomic mass is 127. The van der Waals surface area contributed by atoms with E-state index in [1.807, 2.05) is 0 Å². The van der Waals surface area contributed by atoms with Gasteiger partial charge in [0.05, 0.1) is 7.11 Å². The molecule has 0 bridgehead atoms. The Morgan fingerprint density at radius 1 is 1.40 bits per heavy atom. The fraction of sp³-hybridized carbons (Fsp3) is 0.588. The lowest BCUT2D eigenvalue weighted by atomic mass is 10.2. The van der Waals surface area contributed by atoms with Crippen LogP contribution in [0.15, 0.2) is 23.2 Å². The van der Waals surface area contributed by atoms with Crippen LogP contribution in [0.2, 0.25) is 0 Å². The zero-order valence-electron chi connectivity index (χ0n) is 14.7. The van der Waals surface area contributed by atoms with Crippen molar-refractivity contribution in [3.8, 4) is 11.5 Å². The number of benzene rings is 1. The number of hydrogen-bond donors (Lipinski definition) is 2. The van der Waals surface area contributed by atoms with Crippen molar-refractivity contribution in [2.75, 3.05) is 14.2 Å². The van der Waals surface area contributed by atoms with E-state index in [9.17, 15) is 8.78 Å². The highest BCUT2D eigenvalue weighted by Crippen LogP contribution is 2.34. The van der Waals surface area contributed by atoms with Crippen LogP contribution in [-0.4, -0.2) is 32.8 Å². The van der Waals surface area contributed by atoms with E-state index in [4.69, 9.17) is 4.74 Å². The number of alkyl halides is 2. The summed E-state index contributed by atoms with van der Waals surface area (Å²) in [6.07, 6.45) is 3.53. The molecule has 5 nitrogen and oxygen atoms in total. The molecule has 25 heavy (non-hydrogen) atoms. The molecule has 1 aromatic carbocycles. The number of rotatable bonds is 8. The quantitative estimate of drug-likeness (QED) is 0.346. The molecule has 2 unspecified atom stereocenters. The molecule has 0 spiro atoms. The molecule has 8 heteroatoms. The normalized spacial score (nSPS) is 19.2. The first kappa shape index (κ1) is 21.7. The Morgan fingerprint density at radius 3 is 2.76 bits per heavy atom. The van der Waals surface area contributed by atoms with Crippen LogP contribution in [0.5, 0.6) is 11.5 Å². The number of methoxy groups -OCH3 is 1. The standard InChI is InChI=1S/C17H25F2N3O2.HI/c1-4-5-11-9-14(11)22-17(20-2)21-10-12-8-13(23-3)6-7-15(12)24-16(18)19;/h6-8,11,14,16H,4-5,9-10H2,1-3H3,(H2,20,21,22);1H. The van der Waals surface area contributed by atoms with Crippen LogP contribution in [0, 0.1) is 5.92 Å². The van der Waals surface area contributed by atoms with Gasteiger partial charge in [0.25, 0.3) is 0 Å². The molecular formula is C17H26F2IN3O2. The smallest absolute Gasteiger partial charge is 0.387 e. The molecular weight excluding hydrogens is 443 g/mol. The van der Waals surface area contributed by atoms with Gasteiger partial charge in [0.15, 0.2) is 5.96 Å². The lowest BCUT2D eigenvalue weighted by Crippen LogP contribution is -2.38. The van der Waals surface area contributed by atoms with E-state index in [1.165, 1.54) is 26.0 Å². The van der Waals surface area contributed by atoms with Gasteiger partial charge in [-0.1, -0.05) is 13.3 Å². The Balaban J connectivity index is 0.00000312. The van der Waals surface area contributed by atoms with Gasteiger partial charge in [0, 0.05) is 25.2 Å². The molecule has 2 rings (SSSR count). The number of hydrogen-bond acceptors (Lipinski definition) is 3. The van der Waals surface area contributed by atoms with Crippen molar-refractivity contribution in [2.24, 2.45) is 10.9 Å². The van der Waals surface area contributed by atoms with Gasteiger partial charge in [0.2, 0.25) is 0 Å². The van der Waals surface area contributed by atoms with Crippen LogP contribution in [0.25, 0.3) is 0 Å². The third-order valence-corrected chi connectivity index (χ3v) is 4.06. The van der Waals surface area contributed by atoms with Crippen LogP contribution >= 0.6 is 24.0 Å². The second-order valence-corrected chi connectivity index (χ2v) is 5.81. The van der Waals surface area contributed by atoms with E-state index in [0.29, 0.717) is 35.8 Å². The van der Waals surface area contributed by atoms with Gasteiger partial charge in [-0.2, -0.15) is 8.78 Å². The average Bonchev–Trinajstić information content (AvgIpc) is 3.30. The highest BCUT2D eigenvalue weighted by Gasteiger charge is 2.36. The zero-order valence-corrected chi connectivity index (χ0v) is 17.1. The number of nitrogens with zero attached hydrogens (tertiary/aromatic N) is 1. The summed E-state index contributed by atoms with van der Waals surface area (Å²) in [5.41, 5.74) is 0.582. The van der Waals surface area contributed by atoms with E-state index in [2.05, 4.69) is 27.3 Å². The summed E-state index contributed by atoms with van der Waals surface area (Å²) in [5.74, 6) is 2.07. The van der Waals surface area contributed by atoms with Crippen molar-refractivity contribution in [1.82, 2.24) is 10.6 Å². The number of nitrogens with one attached hydrogen (secondary N) is 2. The molecule has 1 aliphatic rings. The van der Waals surface area contributed by atoms with Crippen molar-refractivity contribution >= 4 is 29.9 Å². The summed E-state index contributed by atoms with van der Waals surface area (Å²) in [7, 11) is 3.22. The zero-order chi connectivity index (χ0) is 17.5. The van der Waals surface area contributed by atoms with Crippen LogP contribution in [0.1, 0.15) is 31.7 Å². The monoisotopic (exact) mass is 469 g/mol. The third-order valence-electron chi connectivity index (χ3n) is 4.06. The topological polar surface area (TPSA) is 54.9 Å². The van der Waals surface area contributed by atoms with Gasteiger partial charge in [-0.15, -0.1) is 24.0 Å². The molecule has 0 heterocycles. The number of aliphatic imine (C=N–C) groups is 1. The summed E-state index contributed by atoms with van der Waals surface area (Å²) >= 11 is 0. The maximum Gasteiger partial charge on any atom is 0.387 e. The first-order valence-electron chi connectivity index (χ1n) is 8.16. The molecule has 0 aromatic heterocycles. The molecule has 2 atom stereocenters. The van der Waals surface area contributed by atoms with Gasteiger partial charge in [0.1, 0.15) is 11.5 Å². The maximum absolute atomic E-state index is 12.5. The second kappa shape index (κ2) is 10.6. The minimum absolute atomic E-state index is 0. The Hall–Kier alpha value is -1.32. The SMILES string of the molecule is CCCC1CC1NC(=NC)NCc1cc(OC)ccc1OC(F)F.I. The van der Waals surface area contributed by atoms with E-state index >= 15 is 0 Å². The van der Waals surface area contributed by atoms with E-state index in [0.717, 1.165) is 6.42 Å². The predicted octanol–water partition coefficient (Wildman–Crippen LogP) is 3.77. The van der Waals surface area contributed by atoms with Crippen LogP contribution in [-0.2, 0) is 6.54 Å². The lowest BCUT2D eigenvalue weighted by molar-refractivity contribution is -0.0504. The molecule has 0 amide bonds. The molecule has 2 N–H and O–H groups in total. The van der Waals surface area contributed by atoms with Crippen LogP contribution in [0.3, 0.4) is 0 Å². The Morgan fingerprint density at radius 2 is 2.16 bits per heavy atom. The van der Waals surface area contributed by atoms with Gasteiger partial charge in [-0.3, -0.25) is 4.99 Å². The van der Waals surface area contributed by atoms with Crippen LogP contribution < -0.4 is 20.1 Å². The van der Waals surface area contributed by atoms with E-state index in [-0.39, 0.29) is 29.7 Å². The Kier molecular flexibility index (Phi) is 9.23. The maximum atomic E-state index is 12.5. The molecule has 1 saturated carbocycles. The largest absolute Gasteiger partial charge is 0.497 e. The fourth-order valence-electron chi connectivity index (χ4n) is 2.70. The van der Waals surface area contributed by atoms with Gasteiger partial charge >= 0.3 is 6.61 Å². The molecule has 0 radical (unpaired) electrons. The minimum Gasteiger partial charge on any atom is -0.497 e. The van der Waals surface area contributed by atoms with E-state index in [1.54, 1.807) is 19.2 Å². The Labute approximate surface area is 164 Å². The first-order chi connectivity index (χ1) is 11.6. The van der Waals surface area contributed by atoms with Gasteiger partial charge in [-0.05, 0) is 37.0 Å². The molecule has 142 valence electrons. The number of ether oxygens (including phenoxy) is 2. The van der Waals surface area contributed by atoms with Crippen molar-refractivity contribution in [1.29, 1.82) is 0 Å². The minimum atomic E-state index is -2.86. The van der Waals surface area contributed by atoms with Crippen molar-refractivity contribution in [2.45, 2.75) is 45.4 Å². The summed E-state index contributed by atoms with van der Waals surface area (Å²) in [5, 5.41) is 6.50. The molecule has 1 fully saturated rings. The first-order valence-corrected chi connectivity index (χ1v) is 8.16. The summed E-state index contributed by atoms with van der Waals surface area (Å²) in [4.78, 5) is 4.19. The summed E-state index contributed by atoms with van der Waals surface area (Å²) < 4.78 is 34.8. The van der Waals surface area contributed by atoms with Gasteiger partial charge < -0.3 is 20.1 Å². The molecule has 0 aliphatic heterocycles. The second-order valence-electron chi connectivity index (χ2n) is 5.81. The molecule has 0 saturated heterocycles. The van der Waals surface area contributed by atoms with Gasteiger partial charge in [-0.25, -0.2) is 0 Å². The molecule has 1 aliphatic carbocycles.